The van der Waals surface area contributed by atoms with Crippen LogP contribution in [0.2, 0.25) is 0 Å². The van der Waals surface area contributed by atoms with E-state index >= 15 is 0 Å². The molecule has 0 radical (unpaired) electrons. The molecular formula is C13H19FN2O4S. The Kier molecular flexibility index (Phi) is 5.68. The number of hydrogen-bond donors (Lipinski definition) is 2. The normalized spacial score (nSPS) is 13.2. The zero-order valence-electron chi connectivity index (χ0n) is 12.1. The first kappa shape index (κ1) is 17.4. The Hall–Kier alpha value is -1.67. The molecule has 1 aromatic carbocycles. The molecule has 1 aromatic rings. The molecule has 6 nitrogen and oxygen atoms in total. The standard InChI is InChI=1S/C13H19FN2O4S/c1-8(2)4-12(13(17)20-3)16-21(18,19)11-6-9(14)5-10(15)7-11/h5-8,12,16H,4,15H2,1-3H3. The number of esters is 1. The summed E-state index contributed by atoms with van der Waals surface area (Å²) < 4.78 is 44.5. The van der Waals surface area contributed by atoms with E-state index in [-0.39, 0.29) is 22.9 Å². The molecule has 0 saturated carbocycles. The number of rotatable bonds is 6. The minimum absolute atomic E-state index is 0.0196. The lowest BCUT2D eigenvalue weighted by Gasteiger charge is -2.18. The summed E-state index contributed by atoms with van der Waals surface area (Å²) >= 11 is 0. The largest absolute Gasteiger partial charge is 0.468 e. The Bertz CT molecular complexity index is 596. The molecule has 1 rings (SSSR count). The van der Waals surface area contributed by atoms with Gasteiger partial charge in [-0.1, -0.05) is 13.8 Å². The summed E-state index contributed by atoms with van der Waals surface area (Å²) in [6.07, 6.45) is 0.261. The van der Waals surface area contributed by atoms with Crippen LogP contribution in [0.3, 0.4) is 0 Å². The smallest absolute Gasteiger partial charge is 0.323 e. The lowest BCUT2D eigenvalue weighted by atomic mass is 10.1. The Morgan fingerprint density at radius 3 is 2.48 bits per heavy atom. The monoisotopic (exact) mass is 318 g/mol. The Balaban J connectivity index is 3.08. The van der Waals surface area contributed by atoms with Crippen LogP contribution in [0, 0.1) is 11.7 Å². The molecule has 1 unspecified atom stereocenters. The number of ether oxygens (including phenoxy) is 1. The number of carbonyl (C=O) groups excluding carboxylic acids is 1. The van der Waals surface area contributed by atoms with Gasteiger partial charge in [-0.15, -0.1) is 0 Å². The van der Waals surface area contributed by atoms with Gasteiger partial charge in [0.05, 0.1) is 12.0 Å². The van der Waals surface area contributed by atoms with Gasteiger partial charge in [0.1, 0.15) is 11.9 Å². The lowest BCUT2D eigenvalue weighted by molar-refractivity contribution is -0.143. The second-order valence-corrected chi connectivity index (χ2v) is 6.76. The van der Waals surface area contributed by atoms with Crippen molar-refractivity contribution >= 4 is 21.7 Å². The highest BCUT2D eigenvalue weighted by molar-refractivity contribution is 7.89. The highest BCUT2D eigenvalue weighted by Gasteiger charge is 2.27. The predicted octanol–water partition coefficient (Wildman–Crippen LogP) is 1.27. The van der Waals surface area contributed by atoms with Crippen molar-refractivity contribution in [3.63, 3.8) is 0 Å². The highest BCUT2D eigenvalue weighted by atomic mass is 32.2. The van der Waals surface area contributed by atoms with Crippen molar-refractivity contribution < 1.29 is 22.3 Å². The number of halogens is 1. The number of sulfonamides is 1. The first-order valence-electron chi connectivity index (χ1n) is 6.32. The lowest BCUT2D eigenvalue weighted by Crippen LogP contribution is -2.42. The average molecular weight is 318 g/mol. The van der Waals surface area contributed by atoms with Gasteiger partial charge in [0.25, 0.3) is 0 Å². The summed E-state index contributed by atoms with van der Waals surface area (Å²) in [6.45, 7) is 3.68. The maximum absolute atomic E-state index is 13.3. The van der Waals surface area contributed by atoms with E-state index in [1.807, 2.05) is 13.8 Å². The first-order chi connectivity index (χ1) is 9.65. The molecule has 118 valence electrons. The Morgan fingerprint density at radius 2 is 2.00 bits per heavy atom. The van der Waals surface area contributed by atoms with E-state index in [1.165, 1.54) is 7.11 Å². The van der Waals surface area contributed by atoms with Crippen LogP contribution >= 0.6 is 0 Å². The number of anilines is 1. The van der Waals surface area contributed by atoms with Crippen LogP contribution < -0.4 is 10.5 Å². The van der Waals surface area contributed by atoms with Crippen LogP contribution in [-0.4, -0.2) is 27.5 Å². The summed E-state index contributed by atoms with van der Waals surface area (Å²) in [5.74, 6) is -1.40. The summed E-state index contributed by atoms with van der Waals surface area (Å²) in [5, 5.41) is 0. The predicted molar refractivity (Wildman–Crippen MR) is 76.4 cm³/mol. The summed E-state index contributed by atoms with van der Waals surface area (Å²) in [6, 6.07) is 1.92. The second kappa shape index (κ2) is 6.86. The fourth-order valence-corrected chi connectivity index (χ4v) is 3.06. The average Bonchev–Trinajstić information content (AvgIpc) is 2.35. The van der Waals surface area contributed by atoms with Gasteiger partial charge in [-0.05, 0) is 30.5 Å². The molecule has 0 heterocycles. The van der Waals surface area contributed by atoms with Crippen molar-refractivity contribution in [2.24, 2.45) is 5.92 Å². The van der Waals surface area contributed by atoms with Gasteiger partial charge >= 0.3 is 5.97 Å². The Morgan fingerprint density at radius 1 is 1.38 bits per heavy atom. The van der Waals surface area contributed by atoms with Crippen LogP contribution in [0.4, 0.5) is 10.1 Å². The van der Waals surface area contributed by atoms with Crippen LogP contribution in [0.25, 0.3) is 0 Å². The van der Waals surface area contributed by atoms with Gasteiger partial charge in [0.2, 0.25) is 10.0 Å². The van der Waals surface area contributed by atoms with E-state index in [4.69, 9.17) is 5.73 Å². The fraction of sp³-hybridized carbons (Fsp3) is 0.462. The number of carbonyl (C=O) groups is 1. The molecule has 0 aromatic heterocycles. The number of benzene rings is 1. The molecular weight excluding hydrogens is 299 g/mol. The topological polar surface area (TPSA) is 98.5 Å². The third kappa shape index (κ3) is 4.98. The molecule has 21 heavy (non-hydrogen) atoms. The van der Waals surface area contributed by atoms with E-state index in [0.29, 0.717) is 0 Å². The summed E-state index contributed by atoms with van der Waals surface area (Å²) in [4.78, 5) is 11.3. The van der Waals surface area contributed by atoms with E-state index in [9.17, 15) is 17.6 Å². The fourth-order valence-electron chi connectivity index (χ4n) is 1.80. The number of methoxy groups -OCH3 is 1. The summed E-state index contributed by atoms with van der Waals surface area (Å²) in [5.41, 5.74) is 5.41. The molecule has 0 amide bonds. The second-order valence-electron chi connectivity index (χ2n) is 5.05. The molecule has 0 aliphatic heterocycles. The number of nitrogens with one attached hydrogen (secondary N) is 1. The van der Waals surface area contributed by atoms with Crippen molar-refractivity contribution in [1.29, 1.82) is 0 Å². The van der Waals surface area contributed by atoms with Gasteiger partial charge in [-0.25, -0.2) is 12.8 Å². The maximum Gasteiger partial charge on any atom is 0.323 e. The van der Waals surface area contributed by atoms with Gasteiger partial charge in [0, 0.05) is 5.69 Å². The molecule has 0 aliphatic carbocycles. The zero-order chi connectivity index (χ0) is 16.2. The molecule has 3 N–H and O–H groups in total. The van der Waals surface area contributed by atoms with Gasteiger partial charge in [-0.3, -0.25) is 4.79 Å². The van der Waals surface area contributed by atoms with Crippen molar-refractivity contribution in [2.45, 2.75) is 31.2 Å². The van der Waals surface area contributed by atoms with Crippen LogP contribution in [0.1, 0.15) is 20.3 Å². The molecule has 1 atom stereocenters. The highest BCUT2D eigenvalue weighted by Crippen LogP contribution is 2.17. The van der Waals surface area contributed by atoms with Gasteiger partial charge < -0.3 is 10.5 Å². The minimum Gasteiger partial charge on any atom is -0.468 e. The van der Waals surface area contributed by atoms with Gasteiger partial charge in [-0.2, -0.15) is 4.72 Å². The third-order valence-electron chi connectivity index (χ3n) is 2.69. The Labute approximate surface area is 123 Å². The number of nitrogen functional groups attached to an aromatic ring is 1. The van der Waals surface area contributed by atoms with E-state index < -0.39 is 27.9 Å². The van der Waals surface area contributed by atoms with Gasteiger partial charge in [0.15, 0.2) is 0 Å². The van der Waals surface area contributed by atoms with Crippen LogP contribution in [-0.2, 0) is 19.6 Å². The maximum atomic E-state index is 13.3. The molecule has 8 heteroatoms. The van der Waals surface area contributed by atoms with Crippen molar-refractivity contribution in [2.75, 3.05) is 12.8 Å². The third-order valence-corrected chi connectivity index (χ3v) is 4.15. The van der Waals surface area contributed by atoms with Crippen LogP contribution in [0.5, 0.6) is 0 Å². The molecule has 0 spiro atoms. The quantitative estimate of drug-likeness (QED) is 0.608. The molecule has 0 bridgehead atoms. The zero-order valence-corrected chi connectivity index (χ0v) is 12.9. The van der Waals surface area contributed by atoms with E-state index in [0.717, 1.165) is 18.2 Å². The first-order valence-corrected chi connectivity index (χ1v) is 7.80. The van der Waals surface area contributed by atoms with Crippen molar-refractivity contribution in [1.82, 2.24) is 4.72 Å². The molecule has 0 fully saturated rings. The SMILES string of the molecule is COC(=O)C(CC(C)C)NS(=O)(=O)c1cc(N)cc(F)c1. The molecule has 0 saturated heterocycles. The number of nitrogens with two attached hydrogens (primary N) is 1. The summed E-state index contributed by atoms with van der Waals surface area (Å²) in [7, 11) is -2.91. The molecule has 0 aliphatic rings. The van der Waals surface area contributed by atoms with Crippen molar-refractivity contribution in [3.8, 4) is 0 Å². The van der Waals surface area contributed by atoms with Crippen molar-refractivity contribution in [3.05, 3.63) is 24.0 Å². The minimum atomic E-state index is -4.08. The van der Waals surface area contributed by atoms with E-state index in [1.54, 1.807) is 0 Å². The number of hydrogen-bond acceptors (Lipinski definition) is 5. The van der Waals surface area contributed by atoms with E-state index in [2.05, 4.69) is 9.46 Å². The van der Waals surface area contributed by atoms with Crippen LogP contribution in [0.15, 0.2) is 23.1 Å².